The van der Waals surface area contributed by atoms with E-state index in [1.807, 2.05) is 17.8 Å². The maximum absolute atomic E-state index is 6.27. The smallest absolute Gasteiger partial charge is 0.165 e. The summed E-state index contributed by atoms with van der Waals surface area (Å²) >= 11 is 1.97. The fourth-order valence-corrected chi connectivity index (χ4v) is 3.93. The Balaban J connectivity index is 1.88. The molecule has 0 saturated carbocycles. The highest BCUT2D eigenvalue weighted by Gasteiger charge is 2.25. The second kappa shape index (κ2) is 6.06. The molecule has 0 spiro atoms. The van der Waals surface area contributed by atoms with Crippen LogP contribution in [-0.4, -0.2) is 37.8 Å². The minimum atomic E-state index is 0.342. The van der Waals surface area contributed by atoms with E-state index < -0.39 is 0 Å². The fraction of sp³-hybridized carbons (Fsp3) is 0.600. The number of hydrogen-bond acceptors (Lipinski definition) is 4. The summed E-state index contributed by atoms with van der Waals surface area (Å²) in [6, 6.07) is 6.27. The Bertz CT molecular complexity index is 426. The zero-order valence-electron chi connectivity index (χ0n) is 11.4. The Labute approximate surface area is 119 Å². The van der Waals surface area contributed by atoms with E-state index in [9.17, 15) is 0 Å². The summed E-state index contributed by atoms with van der Waals surface area (Å²) in [5, 5.41) is 3.43. The number of methoxy groups -OCH3 is 1. The maximum Gasteiger partial charge on any atom is 0.165 e. The summed E-state index contributed by atoms with van der Waals surface area (Å²) in [5.74, 6) is 4.72. The average molecular weight is 279 g/mol. The van der Waals surface area contributed by atoms with Crippen LogP contribution < -0.4 is 14.8 Å². The lowest BCUT2D eigenvalue weighted by Gasteiger charge is -2.21. The standard InChI is InChI=1S/C15H21NO2S/c1-17-14-4-2-3-13(11-5-7-16-9-11)15(14)18-12-6-8-19-10-12/h2-4,11-12,16H,5-10H2,1H3. The minimum Gasteiger partial charge on any atom is -0.493 e. The van der Waals surface area contributed by atoms with Gasteiger partial charge in [-0.1, -0.05) is 12.1 Å². The molecule has 1 aromatic carbocycles. The van der Waals surface area contributed by atoms with Crippen molar-refractivity contribution in [1.82, 2.24) is 5.32 Å². The van der Waals surface area contributed by atoms with Crippen LogP contribution in [0.2, 0.25) is 0 Å². The Morgan fingerprint density at radius 2 is 2.26 bits per heavy atom. The summed E-state index contributed by atoms with van der Waals surface area (Å²) in [6.45, 7) is 2.14. The van der Waals surface area contributed by atoms with Gasteiger partial charge < -0.3 is 14.8 Å². The largest absolute Gasteiger partial charge is 0.493 e. The lowest BCUT2D eigenvalue weighted by Crippen LogP contribution is -2.17. The molecule has 0 aromatic heterocycles. The van der Waals surface area contributed by atoms with Crippen LogP contribution >= 0.6 is 11.8 Å². The molecule has 0 amide bonds. The van der Waals surface area contributed by atoms with E-state index in [4.69, 9.17) is 9.47 Å². The van der Waals surface area contributed by atoms with Crippen LogP contribution in [0.1, 0.15) is 24.3 Å². The van der Waals surface area contributed by atoms with E-state index in [1.165, 1.54) is 17.7 Å². The molecule has 0 radical (unpaired) electrons. The van der Waals surface area contributed by atoms with Crippen LogP contribution in [0.4, 0.5) is 0 Å². The highest BCUT2D eigenvalue weighted by Crippen LogP contribution is 2.39. The van der Waals surface area contributed by atoms with Crippen molar-refractivity contribution in [3.8, 4) is 11.5 Å². The monoisotopic (exact) mass is 279 g/mol. The van der Waals surface area contributed by atoms with Gasteiger partial charge in [0.25, 0.3) is 0 Å². The van der Waals surface area contributed by atoms with Crippen LogP contribution in [0.3, 0.4) is 0 Å². The average Bonchev–Trinajstić information content (AvgIpc) is 3.11. The molecule has 2 saturated heterocycles. The number of thioether (sulfide) groups is 1. The highest BCUT2D eigenvalue weighted by molar-refractivity contribution is 7.99. The second-order valence-corrected chi connectivity index (χ2v) is 6.32. The summed E-state index contributed by atoms with van der Waals surface area (Å²) in [6.07, 6.45) is 2.67. The first kappa shape index (κ1) is 13.1. The summed E-state index contributed by atoms with van der Waals surface area (Å²) in [7, 11) is 1.72. The van der Waals surface area contributed by atoms with Gasteiger partial charge in [0.1, 0.15) is 6.10 Å². The number of hydrogen-bond donors (Lipinski definition) is 1. The van der Waals surface area contributed by atoms with Gasteiger partial charge in [-0.3, -0.25) is 0 Å². The van der Waals surface area contributed by atoms with Gasteiger partial charge in [-0.15, -0.1) is 0 Å². The van der Waals surface area contributed by atoms with E-state index in [2.05, 4.69) is 17.4 Å². The van der Waals surface area contributed by atoms with Crippen molar-refractivity contribution in [3.05, 3.63) is 23.8 Å². The predicted molar refractivity (Wildman–Crippen MR) is 79.6 cm³/mol. The third-order valence-electron chi connectivity index (χ3n) is 3.90. The quantitative estimate of drug-likeness (QED) is 0.918. The van der Waals surface area contributed by atoms with Gasteiger partial charge in [0, 0.05) is 23.8 Å². The maximum atomic E-state index is 6.27. The molecule has 3 nitrogen and oxygen atoms in total. The normalized spacial score (nSPS) is 26.6. The SMILES string of the molecule is COc1cccc(C2CCNC2)c1OC1CCSC1. The van der Waals surface area contributed by atoms with Crippen molar-refractivity contribution in [2.75, 3.05) is 31.7 Å². The lowest BCUT2D eigenvalue weighted by molar-refractivity contribution is 0.215. The van der Waals surface area contributed by atoms with Gasteiger partial charge in [0.15, 0.2) is 11.5 Å². The molecule has 19 heavy (non-hydrogen) atoms. The van der Waals surface area contributed by atoms with Crippen molar-refractivity contribution in [1.29, 1.82) is 0 Å². The number of nitrogens with one attached hydrogen (secondary N) is 1. The molecule has 0 bridgehead atoms. The lowest BCUT2D eigenvalue weighted by atomic mass is 9.97. The molecule has 2 aliphatic rings. The molecular formula is C15H21NO2S. The van der Waals surface area contributed by atoms with Crippen LogP contribution in [-0.2, 0) is 0 Å². The van der Waals surface area contributed by atoms with E-state index >= 15 is 0 Å². The molecule has 1 N–H and O–H groups in total. The van der Waals surface area contributed by atoms with Crippen molar-refractivity contribution < 1.29 is 9.47 Å². The first-order valence-electron chi connectivity index (χ1n) is 7.00. The second-order valence-electron chi connectivity index (χ2n) is 5.17. The number of benzene rings is 1. The molecule has 104 valence electrons. The summed E-state index contributed by atoms with van der Waals surface area (Å²) in [4.78, 5) is 0. The minimum absolute atomic E-state index is 0.342. The van der Waals surface area contributed by atoms with Gasteiger partial charge >= 0.3 is 0 Å². The molecule has 3 rings (SSSR count). The van der Waals surface area contributed by atoms with Crippen molar-refractivity contribution in [2.45, 2.75) is 24.9 Å². The van der Waals surface area contributed by atoms with Gasteiger partial charge in [-0.2, -0.15) is 11.8 Å². The van der Waals surface area contributed by atoms with Crippen molar-refractivity contribution in [3.63, 3.8) is 0 Å². The molecule has 2 aliphatic heterocycles. The Morgan fingerprint density at radius 3 is 2.95 bits per heavy atom. The molecule has 2 fully saturated rings. The Morgan fingerprint density at radius 1 is 1.32 bits per heavy atom. The van der Waals surface area contributed by atoms with E-state index in [1.54, 1.807) is 7.11 Å². The third kappa shape index (κ3) is 2.84. The molecule has 4 heteroatoms. The molecule has 2 heterocycles. The van der Waals surface area contributed by atoms with Crippen LogP contribution in [0.15, 0.2) is 18.2 Å². The third-order valence-corrected chi connectivity index (χ3v) is 5.03. The Hall–Kier alpha value is -0.870. The van der Waals surface area contributed by atoms with Gasteiger partial charge in [0.05, 0.1) is 7.11 Å². The van der Waals surface area contributed by atoms with Crippen molar-refractivity contribution >= 4 is 11.8 Å². The molecule has 0 aliphatic carbocycles. The molecule has 2 atom stereocenters. The van der Waals surface area contributed by atoms with Crippen LogP contribution in [0, 0.1) is 0 Å². The first-order valence-corrected chi connectivity index (χ1v) is 8.16. The van der Waals surface area contributed by atoms with E-state index in [0.29, 0.717) is 12.0 Å². The fourth-order valence-electron chi connectivity index (χ4n) is 2.83. The zero-order chi connectivity index (χ0) is 13.1. The number of ether oxygens (including phenoxy) is 2. The van der Waals surface area contributed by atoms with E-state index in [0.717, 1.165) is 36.8 Å². The summed E-state index contributed by atoms with van der Waals surface area (Å²) < 4.78 is 11.8. The van der Waals surface area contributed by atoms with Crippen LogP contribution in [0.25, 0.3) is 0 Å². The molecule has 2 unspecified atom stereocenters. The number of rotatable bonds is 4. The van der Waals surface area contributed by atoms with Crippen LogP contribution in [0.5, 0.6) is 11.5 Å². The van der Waals surface area contributed by atoms with Gasteiger partial charge in [0.2, 0.25) is 0 Å². The first-order chi connectivity index (χ1) is 9.38. The number of para-hydroxylation sites is 1. The zero-order valence-corrected chi connectivity index (χ0v) is 12.2. The van der Waals surface area contributed by atoms with E-state index in [-0.39, 0.29) is 0 Å². The highest BCUT2D eigenvalue weighted by atomic mass is 32.2. The molecular weight excluding hydrogens is 258 g/mol. The predicted octanol–water partition coefficient (Wildman–Crippen LogP) is 2.66. The van der Waals surface area contributed by atoms with Crippen molar-refractivity contribution in [2.24, 2.45) is 0 Å². The van der Waals surface area contributed by atoms with Gasteiger partial charge in [-0.05, 0) is 31.2 Å². The summed E-state index contributed by atoms with van der Waals surface area (Å²) in [5.41, 5.74) is 1.31. The van der Waals surface area contributed by atoms with Gasteiger partial charge in [-0.25, -0.2) is 0 Å². The Kier molecular flexibility index (Phi) is 4.18. The molecule has 1 aromatic rings. The topological polar surface area (TPSA) is 30.5 Å².